The Labute approximate surface area is 138 Å². The van der Waals surface area contributed by atoms with Crippen LogP contribution in [0, 0.1) is 0 Å². The van der Waals surface area contributed by atoms with Gasteiger partial charge >= 0.3 is 0 Å². The van der Waals surface area contributed by atoms with Crippen molar-refractivity contribution in [3.63, 3.8) is 0 Å². The summed E-state index contributed by atoms with van der Waals surface area (Å²) in [6.07, 6.45) is 0.972. The first-order valence-electron chi connectivity index (χ1n) is 7.38. The highest BCUT2D eigenvalue weighted by Crippen LogP contribution is 2.14. The van der Waals surface area contributed by atoms with Gasteiger partial charge in [0.05, 0.1) is 0 Å². The molecule has 0 aromatic heterocycles. The normalized spacial score (nSPS) is 16.8. The standard InChI is InChI=1S/C16H23N3O2.ClH/c1-4-18(2)15(20)12-6-5-7-13(10-12)16(21)19(3)14-8-9-17-11-14;/h5-7,10,14,17H,4,8-9,11H2,1-3H3;1H. The summed E-state index contributed by atoms with van der Waals surface area (Å²) in [6, 6.07) is 7.21. The molecule has 0 saturated carbocycles. The topological polar surface area (TPSA) is 52.7 Å². The highest BCUT2D eigenvalue weighted by atomic mass is 35.5. The maximum absolute atomic E-state index is 12.5. The van der Waals surface area contributed by atoms with Gasteiger partial charge in [0.2, 0.25) is 0 Å². The molecule has 1 aliphatic rings. The third kappa shape index (κ3) is 3.99. The molecule has 0 aliphatic carbocycles. The third-order valence-corrected chi connectivity index (χ3v) is 4.08. The van der Waals surface area contributed by atoms with Gasteiger partial charge < -0.3 is 15.1 Å². The minimum absolute atomic E-state index is 0. The Bertz CT molecular complexity index is 530. The summed E-state index contributed by atoms with van der Waals surface area (Å²) in [5.74, 6) is -0.0881. The summed E-state index contributed by atoms with van der Waals surface area (Å²) >= 11 is 0. The van der Waals surface area contributed by atoms with Crippen LogP contribution in [0.15, 0.2) is 24.3 Å². The Kier molecular flexibility index (Phi) is 6.84. The second-order valence-corrected chi connectivity index (χ2v) is 5.46. The van der Waals surface area contributed by atoms with Gasteiger partial charge in [-0.15, -0.1) is 12.4 Å². The molecule has 1 aliphatic heterocycles. The molecular weight excluding hydrogens is 302 g/mol. The number of amides is 2. The lowest BCUT2D eigenvalue weighted by atomic mass is 10.1. The number of carbonyl (C=O) groups is 2. The van der Waals surface area contributed by atoms with Crippen LogP contribution in [0.5, 0.6) is 0 Å². The van der Waals surface area contributed by atoms with E-state index in [4.69, 9.17) is 0 Å². The smallest absolute Gasteiger partial charge is 0.253 e. The van der Waals surface area contributed by atoms with Crippen molar-refractivity contribution in [3.8, 4) is 0 Å². The molecule has 1 saturated heterocycles. The van der Waals surface area contributed by atoms with Crippen molar-refractivity contribution in [2.75, 3.05) is 33.7 Å². The van der Waals surface area contributed by atoms with Crippen LogP contribution in [0.3, 0.4) is 0 Å². The number of rotatable bonds is 4. The first-order valence-corrected chi connectivity index (χ1v) is 7.38. The lowest BCUT2D eigenvalue weighted by Gasteiger charge is -2.24. The first kappa shape index (κ1) is 18.5. The van der Waals surface area contributed by atoms with E-state index < -0.39 is 0 Å². The van der Waals surface area contributed by atoms with Crippen LogP contribution >= 0.6 is 12.4 Å². The first-order chi connectivity index (χ1) is 10.0. The van der Waals surface area contributed by atoms with E-state index in [1.54, 1.807) is 41.1 Å². The number of hydrogen-bond donors (Lipinski definition) is 1. The van der Waals surface area contributed by atoms with Crippen LogP contribution in [0.4, 0.5) is 0 Å². The molecule has 0 bridgehead atoms. The maximum Gasteiger partial charge on any atom is 0.253 e. The van der Waals surface area contributed by atoms with Crippen molar-refractivity contribution >= 4 is 24.2 Å². The van der Waals surface area contributed by atoms with Gasteiger partial charge in [0.25, 0.3) is 11.8 Å². The van der Waals surface area contributed by atoms with Gasteiger partial charge in [0, 0.05) is 44.4 Å². The number of nitrogens with zero attached hydrogens (tertiary/aromatic N) is 2. The summed E-state index contributed by atoms with van der Waals surface area (Å²) in [6.45, 7) is 4.35. The average Bonchev–Trinajstić information content (AvgIpc) is 3.06. The van der Waals surface area contributed by atoms with E-state index >= 15 is 0 Å². The van der Waals surface area contributed by atoms with E-state index in [2.05, 4.69) is 5.32 Å². The molecule has 2 amide bonds. The monoisotopic (exact) mass is 325 g/mol. The number of nitrogens with one attached hydrogen (secondary N) is 1. The SMILES string of the molecule is CCN(C)C(=O)c1cccc(C(=O)N(C)C2CCNC2)c1.Cl. The van der Waals surface area contributed by atoms with Gasteiger partial charge in [0.15, 0.2) is 0 Å². The van der Waals surface area contributed by atoms with Crippen molar-refractivity contribution in [1.82, 2.24) is 15.1 Å². The molecule has 22 heavy (non-hydrogen) atoms. The summed E-state index contributed by atoms with van der Waals surface area (Å²) < 4.78 is 0. The zero-order valence-electron chi connectivity index (χ0n) is 13.3. The Morgan fingerprint density at radius 3 is 2.41 bits per heavy atom. The lowest BCUT2D eigenvalue weighted by molar-refractivity contribution is 0.0743. The number of likely N-dealkylation sites (N-methyl/N-ethyl adjacent to an activating group) is 1. The van der Waals surface area contributed by atoms with Crippen LogP contribution in [0.1, 0.15) is 34.1 Å². The molecule has 6 heteroatoms. The Balaban J connectivity index is 0.00000242. The number of halogens is 1. The van der Waals surface area contributed by atoms with E-state index in [9.17, 15) is 9.59 Å². The molecule has 1 fully saturated rings. The fourth-order valence-corrected chi connectivity index (χ4v) is 2.49. The number of hydrogen-bond acceptors (Lipinski definition) is 3. The molecule has 1 heterocycles. The highest BCUT2D eigenvalue weighted by molar-refractivity contribution is 5.99. The van der Waals surface area contributed by atoms with Crippen LogP contribution in [0.2, 0.25) is 0 Å². The quantitative estimate of drug-likeness (QED) is 0.915. The fourth-order valence-electron chi connectivity index (χ4n) is 2.49. The van der Waals surface area contributed by atoms with Crippen LogP contribution < -0.4 is 5.32 Å². The second kappa shape index (κ2) is 8.15. The predicted molar refractivity (Wildman–Crippen MR) is 89.7 cm³/mol. The van der Waals surface area contributed by atoms with Gasteiger partial charge in [-0.25, -0.2) is 0 Å². The van der Waals surface area contributed by atoms with Crippen molar-refractivity contribution in [1.29, 1.82) is 0 Å². The number of carbonyl (C=O) groups excluding carboxylic acids is 2. The molecule has 1 unspecified atom stereocenters. The van der Waals surface area contributed by atoms with Crippen molar-refractivity contribution in [2.24, 2.45) is 0 Å². The van der Waals surface area contributed by atoms with Gasteiger partial charge in [-0.3, -0.25) is 9.59 Å². The molecule has 0 radical (unpaired) electrons. The molecule has 1 N–H and O–H groups in total. The minimum Gasteiger partial charge on any atom is -0.342 e. The van der Waals surface area contributed by atoms with E-state index in [1.165, 1.54) is 0 Å². The summed E-state index contributed by atoms with van der Waals surface area (Å²) in [5.41, 5.74) is 1.13. The maximum atomic E-state index is 12.5. The highest BCUT2D eigenvalue weighted by Gasteiger charge is 2.24. The summed E-state index contributed by atoms with van der Waals surface area (Å²) in [5, 5.41) is 3.26. The molecule has 2 rings (SSSR count). The lowest BCUT2D eigenvalue weighted by Crippen LogP contribution is -2.38. The molecule has 1 atom stereocenters. The van der Waals surface area contributed by atoms with Crippen LogP contribution in [0.25, 0.3) is 0 Å². The summed E-state index contributed by atoms with van der Waals surface area (Å²) in [7, 11) is 3.58. The third-order valence-electron chi connectivity index (χ3n) is 4.08. The van der Waals surface area contributed by atoms with Gasteiger partial charge in [-0.05, 0) is 38.1 Å². The van der Waals surface area contributed by atoms with E-state index in [0.717, 1.165) is 19.5 Å². The van der Waals surface area contributed by atoms with Crippen LogP contribution in [-0.4, -0.2) is 61.4 Å². The molecule has 1 aromatic carbocycles. The molecule has 5 nitrogen and oxygen atoms in total. The predicted octanol–water partition coefficient (Wildman–Crippen LogP) is 1.63. The molecule has 122 valence electrons. The molecule has 0 spiro atoms. The zero-order chi connectivity index (χ0) is 15.4. The Morgan fingerprint density at radius 2 is 1.86 bits per heavy atom. The van der Waals surface area contributed by atoms with Crippen molar-refractivity contribution < 1.29 is 9.59 Å². The fraction of sp³-hybridized carbons (Fsp3) is 0.500. The summed E-state index contributed by atoms with van der Waals surface area (Å²) in [4.78, 5) is 28.1. The molecular formula is C16H24ClN3O2. The van der Waals surface area contributed by atoms with Gasteiger partial charge in [-0.2, -0.15) is 0 Å². The average molecular weight is 326 g/mol. The molecule has 1 aromatic rings. The Morgan fingerprint density at radius 1 is 1.23 bits per heavy atom. The van der Waals surface area contributed by atoms with Crippen LogP contribution in [-0.2, 0) is 0 Å². The van der Waals surface area contributed by atoms with Crippen molar-refractivity contribution in [2.45, 2.75) is 19.4 Å². The van der Waals surface area contributed by atoms with Crippen molar-refractivity contribution in [3.05, 3.63) is 35.4 Å². The number of benzene rings is 1. The van der Waals surface area contributed by atoms with Gasteiger partial charge in [-0.1, -0.05) is 6.07 Å². The van der Waals surface area contributed by atoms with E-state index in [1.807, 2.05) is 14.0 Å². The van der Waals surface area contributed by atoms with Gasteiger partial charge in [0.1, 0.15) is 0 Å². The largest absolute Gasteiger partial charge is 0.342 e. The Hall–Kier alpha value is -1.59. The second-order valence-electron chi connectivity index (χ2n) is 5.46. The van der Waals surface area contributed by atoms with E-state index in [-0.39, 0.29) is 30.3 Å². The van der Waals surface area contributed by atoms with E-state index in [0.29, 0.717) is 17.7 Å². The minimum atomic E-state index is -0.0580. The zero-order valence-corrected chi connectivity index (χ0v) is 14.2.